The number of benzene rings is 2. The molecule has 24 heavy (non-hydrogen) atoms. The van der Waals surface area contributed by atoms with Crippen LogP contribution >= 0.6 is 0 Å². The molecule has 0 spiro atoms. The van der Waals surface area contributed by atoms with Crippen molar-refractivity contribution in [3.05, 3.63) is 63.7 Å². The van der Waals surface area contributed by atoms with E-state index in [4.69, 9.17) is 9.47 Å². The summed E-state index contributed by atoms with van der Waals surface area (Å²) in [5, 5.41) is 14.0. The standard InChI is InChI=1S/C18H22N2O4/c1-13(2)19-11-15-6-9-17(18(10-15)23-3)24-12-14-4-7-16(8-5-14)20(21)22/h4-10,13,19H,11-12H2,1-3H3. The molecule has 2 rings (SSSR count). The van der Waals surface area contributed by atoms with Crippen LogP contribution in [0.25, 0.3) is 0 Å². The van der Waals surface area contributed by atoms with E-state index in [0.717, 1.165) is 17.7 Å². The number of nitrogens with one attached hydrogen (secondary N) is 1. The van der Waals surface area contributed by atoms with E-state index in [2.05, 4.69) is 19.2 Å². The highest BCUT2D eigenvalue weighted by Gasteiger charge is 2.08. The Labute approximate surface area is 141 Å². The van der Waals surface area contributed by atoms with Gasteiger partial charge in [-0.3, -0.25) is 10.1 Å². The Kier molecular flexibility index (Phi) is 6.14. The molecular weight excluding hydrogens is 308 g/mol. The normalized spacial score (nSPS) is 10.7. The number of nitro groups is 1. The van der Waals surface area contributed by atoms with Crippen molar-refractivity contribution in [2.75, 3.05) is 7.11 Å². The molecule has 0 amide bonds. The van der Waals surface area contributed by atoms with Crippen LogP contribution < -0.4 is 14.8 Å². The third-order valence-electron chi connectivity index (χ3n) is 3.48. The number of nitrogens with zero attached hydrogens (tertiary/aromatic N) is 1. The van der Waals surface area contributed by atoms with Gasteiger partial charge in [-0.2, -0.15) is 0 Å². The summed E-state index contributed by atoms with van der Waals surface area (Å²) >= 11 is 0. The summed E-state index contributed by atoms with van der Waals surface area (Å²) in [5.74, 6) is 1.31. The van der Waals surface area contributed by atoms with Crippen LogP contribution in [0.15, 0.2) is 42.5 Å². The predicted molar refractivity (Wildman–Crippen MR) is 92.4 cm³/mol. The molecule has 0 radical (unpaired) electrons. The van der Waals surface area contributed by atoms with E-state index in [1.54, 1.807) is 19.2 Å². The van der Waals surface area contributed by atoms with Gasteiger partial charge >= 0.3 is 0 Å². The Bertz CT molecular complexity index is 684. The first-order valence-electron chi connectivity index (χ1n) is 7.76. The molecular formula is C18H22N2O4. The van der Waals surface area contributed by atoms with Crippen molar-refractivity contribution in [2.45, 2.75) is 33.0 Å². The Hall–Kier alpha value is -2.60. The molecule has 0 heterocycles. The second-order valence-electron chi connectivity index (χ2n) is 5.73. The quantitative estimate of drug-likeness (QED) is 0.590. The molecule has 0 aliphatic heterocycles. The number of hydrogen-bond acceptors (Lipinski definition) is 5. The fraction of sp³-hybridized carbons (Fsp3) is 0.333. The zero-order chi connectivity index (χ0) is 17.5. The molecule has 0 fully saturated rings. The van der Waals surface area contributed by atoms with Crippen LogP contribution in [-0.4, -0.2) is 18.1 Å². The molecule has 0 bridgehead atoms. The van der Waals surface area contributed by atoms with Gasteiger partial charge in [0, 0.05) is 24.7 Å². The van der Waals surface area contributed by atoms with Crippen LogP contribution in [0.5, 0.6) is 11.5 Å². The van der Waals surface area contributed by atoms with Crippen molar-refractivity contribution in [1.82, 2.24) is 5.32 Å². The van der Waals surface area contributed by atoms with Crippen molar-refractivity contribution in [2.24, 2.45) is 0 Å². The number of methoxy groups -OCH3 is 1. The van der Waals surface area contributed by atoms with Crippen molar-refractivity contribution < 1.29 is 14.4 Å². The lowest BCUT2D eigenvalue weighted by Crippen LogP contribution is -2.21. The van der Waals surface area contributed by atoms with Crippen molar-refractivity contribution in [3.8, 4) is 11.5 Å². The smallest absolute Gasteiger partial charge is 0.269 e. The number of rotatable bonds is 8. The van der Waals surface area contributed by atoms with Gasteiger partial charge in [-0.1, -0.05) is 19.9 Å². The molecule has 2 aromatic rings. The average Bonchev–Trinajstić information content (AvgIpc) is 2.58. The van der Waals surface area contributed by atoms with E-state index in [1.165, 1.54) is 12.1 Å². The van der Waals surface area contributed by atoms with Gasteiger partial charge < -0.3 is 14.8 Å². The second kappa shape index (κ2) is 8.31. The van der Waals surface area contributed by atoms with Gasteiger partial charge in [0.1, 0.15) is 6.61 Å². The van der Waals surface area contributed by atoms with Crippen LogP contribution in [0.3, 0.4) is 0 Å². The summed E-state index contributed by atoms with van der Waals surface area (Å²) in [6, 6.07) is 12.5. The van der Waals surface area contributed by atoms with Crippen molar-refractivity contribution >= 4 is 5.69 Å². The Balaban J connectivity index is 2.02. The fourth-order valence-electron chi connectivity index (χ4n) is 2.14. The van der Waals surface area contributed by atoms with Gasteiger partial charge in [-0.15, -0.1) is 0 Å². The highest BCUT2D eigenvalue weighted by molar-refractivity contribution is 5.43. The van der Waals surface area contributed by atoms with Crippen molar-refractivity contribution in [1.29, 1.82) is 0 Å². The highest BCUT2D eigenvalue weighted by atomic mass is 16.6. The first-order valence-corrected chi connectivity index (χ1v) is 7.76. The molecule has 2 aromatic carbocycles. The summed E-state index contributed by atoms with van der Waals surface area (Å²) < 4.78 is 11.2. The molecule has 1 N–H and O–H groups in total. The second-order valence-corrected chi connectivity index (χ2v) is 5.73. The van der Waals surface area contributed by atoms with Gasteiger partial charge in [0.15, 0.2) is 11.5 Å². The third-order valence-corrected chi connectivity index (χ3v) is 3.48. The van der Waals surface area contributed by atoms with Crippen LogP contribution in [0.2, 0.25) is 0 Å². The predicted octanol–water partition coefficient (Wildman–Crippen LogP) is 3.68. The number of ether oxygens (including phenoxy) is 2. The van der Waals surface area contributed by atoms with E-state index in [1.807, 2.05) is 18.2 Å². The number of non-ortho nitro benzene ring substituents is 1. The molecule has 128 valence electrons. The van der Waals surface area contributed by atoms with Crippen LogP contribution in [0, 0.1) is 10.1 Å². The molecule has 6 heteroatoms. The van der Waals surface area contributed by atoms with Crippen LogP contribution in [-0.2, 0) is 13.2 Å². The van der Waals surface area contributed by atoms with Crippen LogP contribution in [0.4, 0.5) is 5.69 Å². The lowest BCUT2D eigenvalue weighted by molar-refractivity contribution is -0.384. The van der Waals surface area contributed by atoms with E-state index < -0.39 is 4.92 Å². The molecule has 0 atom stereocenters. The largest absolute Gasteiger partial charge is 0.493 e. The lowest BCUT2D eigenvalue weighted by Gasteiger charge is -2.13. The Morgan fingerprint density at radius 3 is 2.33 bits per heavy atom. The van der Waals surface area contributed by atoms with E-state index >= 15 is 0 Å². The summed E-state index contributed by atoms with van der Waals surface area (Å²) in [6.07, 6.45) is 0. The molecule has 0 aliphatic carbocycles. The van der Waals surface area contributed by atoms with Crippen molar-refractivity contribution in [3.63, 3.8) is 0 Å². The number of nitro benzene ring substituents is 1. The zero-order valence-electron chi connectivity index (χ0n) is 14.1. The maximum Gasteiger partial charge on any atom is 0.269 e. The summed E-state index contributed by atoms with van der Waals surface area (Å²) in [6.45, 7) is 5.27. The monoisotopic (exact) mass is 330 g/mol. The minimum Gasteiger partial charge on any atom is -0.493 e. The Morgan fingerprint density at radius 2 is 1.75 bits per heavy atom. The summed E-state index contributed by atoms with van der Waals surface area (Å²) in [7, 11) is 1.60. The van der Waals surface area contributed by atoms with Gasteiger partial charge in [0.2, 0.25) is 0 Å². The molecule has 0 aromatic heterocycles. The lowest BCUT2D eigenvalue weighted by atomic mass is 10.2. The minimum absolute atomic E-state index is 0.0679. The minimum atomic E-state index is -0.419. The van der Waals surface area contributed by atoms with Gasteiger partial charge in [-0.25, -0.2) is 0 Å². The van der Waals surface area contributed by atoms with E-state index in [0.29, 0.717) is 24.1 Å². The highest BCUT2D eigenvalue weighted by Crippen LogP contribution is 2.29. The SMILES string of the molecule is COc1cc(CNC(C)C)ccc1OCc1ccc([N+](=O)[O-])cc1. The first kappa shape index (κ1) is 17.7. The molecule has 0 unspecified atom stereocenters. The molecule has 0 saturated heterocycles. The van der Waals surface area contributed by atoms with Gasteiger partial charge in [0.25, 0.3) is 5.69 Å². The maximum absolute atomic E-state index is 10.7. The fourth-order valence-corrected chi connectivity index (χ4v) is 2.14. The van der Waals surface area contributed by atoms with E-state index in [9.17, 15) is 10.1 Å². The van der Waals surface area contributed by atoms with Gasteiger partial charge in [-0.05, 0) is 35.4 Å². The summed E-state index contributed by atoms with van der Waals surface area (Å²) in [5.41, 5.74) is 2.04. The maximum atomic E-state index is 10.7. The van der Waals surface area contributed by atoms with Gasteiger partial charge in [0.05, 0.1) is 12.0 Å². The Morgan fingerprint density at radius 1 is 1.08 bits per heavy atom. The number of hydrogen-bond donors (Lipinski definition) is 1. The average molecular weight is 330 g/mol. The molecule has 0 aliphatic rings. The first-order chi connectivity index (χ1) is 11.5. The zero-order valence-corrected chi connectivity index (χ0v) is 14.1. The topological polar surface area (TPSA) is 73.6 Å². The molecule has 6 nitrogen and oxygen atoms in total. The van der Waals surface area contributed by atoms with Crippen LogP contribution in [0.1, 0.15) is 25.0 Å². The summed E-state index contributed by atoms with van der Waals surface area (Å²) in [4.78, 5) is 10.2. The molecule has 0 saturated carbocycles. The van der Waals surface area contributed by atoms with E-state index in [-0.39, 0.29) is 5.69 Å². The third kappa shape index (κ3) is 4.96.